The lowest BCUT2D eigenvalue weighted by molar-refractivity contribution is 0.0899. The molecule has 4 aromatic heterocycles. The summed E-state index contributed by atoms with van der Waals surface area (Å²) in [7, 11) is -1.18. The van der Waals surface area contributed by atoms with E-state index >= 15 is 0 Å². The molecule has 224 valence electrons. The molecule has 1 unspecified atom stereocenters. The van der Waals surface area contributed by atoms with Gasteiger partial charge in [-0.15, -0.1) is 0 Å². The van der Waals surface area contributed by atoms with Gasteiger partial charge in [-0.3, -0.25) is 4.68 Å². The highest BCUT2D eigenvalue weighted by atomic mass is 28.3. The molecule has 0 aliphatic carbocycles. The van der Waals surface area contributed by atoms with Crippen LogP contribution in [0.5, 0.6) is 0 Å². The summed E-state index contributed by atoms with van der Waals surface area (Å²) in [6, 6.07) is 7.13. The van der Waals surface area contributed by atoms with Crippen molar-refractivity contribution in [3.05, 3.63) is 48.6 Å². The number of hydrogen-bond donors (Lipinski definition) is 0. The number of nitrogens with zero attached hydrogens (tertiary/aromatic N) is 10. The van der Waals surface area contributed by atoms with Gasteiger partial charge in [0.15, 0.2) is 11.5 Å². The van der Waals surface area contributed by atoms with Gasteiger partial charge in [0, 0.05) is 57.0 Å². The first-order valence-electron chi connectivity index (χ1n) is 14.2. The van der Waals surface area contributed by atoms with E-state index in [1.165, 1.54) is 12.5 Å². The minimum atomic E-state index is -2.56. The molecule has 11 nitrogen and oxygen atoms in total. The van der Waals surface area contributed by atoms with Crippen molar-refractivity contribution in [1.29, 1.82) is 10.5 Å². The summed E-state index contributed by atoms with van der Waals surface area (Å²) in [6.45, 7) is 9.22. The van der Waals surface area contributed by atoms with Crippen LogP contribution in [0.25, 0.3) is 22.3 Å². The topological polar surface area (TPSA) is 134 Å². The van der Waals surface area contributed by atoms with Gasteiger partial charge >= 0.3 is 0 Å². The molecule has 1 aliphatic rings. The summed E-state index contributed by atoms with van der Waals surface area (Å²) < 4.78 is 35.3. The number of alkyl halides is 2. The van der Waals surface area contributed by atoms with Crippen molar-refractivity contribution in [1.82, 2.24) is 34.3 Å². The smallest absolute Gasteiger partial charge is 0.244 e. The molecule has 0 bridgehead atoms. The van der Waals surface area contributed by atoms with Gasteiger partial charge in [-0.05, 0) is 18.5 Å². The van der Waals surface area contributed by atoms with Gasteiger partial charge in [0.25, 0.3) is 0 Å². The molecule has 1 aliphatic heterocycles. The SMILES string of the molecule is C[Si](C)(C)CCOCn1ccc2c(-c3cnn([C@@H](CC#N)C4CCN(c5ncc(CC(F)F)nc5C#N)C4)c3)ncnc21. The van der Waals surface area contributed by atoms with E-state index in [9.17, 15) is 19.3 Å². The average molecular weight is 605 g/mol. The Morgan fingerprint density at radius 2 is 2.00 bits per heavy atom. The zero-order valence-electron chi connectivity index (χ0n) is 24.5. The van der Waals surface area contributed by atoms with Crippen LogP contribution in [0, 0.1) is 28.6 Å². The largest absolute Gasteiger partial charge is 0.361 e. The van der Waals surface area contributed by atoms with Crippen molar-refractivity contribution < 1.29 is 13.5 Å². The molecule has 5 rings (SSSR count). The van der Waals surface area contributed by atoms with Crippen molar-refractivity contribution in [2.75, 3.05) is 24.6 Å². The second-order valence-electron chi connectivity index (χ2n) is 12.0. The van der Waals surface area contributed by atoms with Crippen molar-refractivity contribution in [3.8, 4) is 23.4 Å². The van der Waals surface area contributed by atoms with Gasteiger partial charge in [-0.2, -0.15) is 15.6 Å². The minimum absolute atomic E-state index is 0.0261. The third-order valence-corrected chi connectivity index (χ3v) is 9.34. The number of halogens is 2. The Hall–Kier alpha value is -4.27. The minimum Gasteiger partial charge on any atom is -0.361 e. The third kappa shape index (κ3) is 7.04. The van der Waals surface area contributed by atoms with E-state index in [0.29, 0.717) is 32.2 Å². The first-order chi connectivity index (χ1) is 20.7. The van der Waals surface area contributed by atoms with Crippen LogP contribution in [0.3, 0.4) is 0 Å². The molecule has 1 saturated heterocycles. The molecule has 0 radical (unpaired) electrons. The van der Waals surface area contributed by atoms with Gasteiger partial charge in [-0.1, -0.05) is 19.6 Å². The van der Waals surface area contributed by atoms with Crippen molar-refractivity contribution in [3.63, 3.8) is 0 Å². The van der Waals surface area contributed by atoms with Crippen LogP contribution in [0.15, 0.2) is 37.2 Å². The van der Waals surface area contributed by atoms with E-state index in [1.807, 2.05) is 38.7 Å². The summed E-state index contributed by atoms with van der Waals surface area (Å²) in [6.07, 6.45) is 6.32. The van der Waals surface area contributed by atoms with E-state index in [1.54, 1.807) is 6.20 Å². The number of hydrogen-bond acceptors (Lipinski definition) is 9. The molecule has 43 heavy (non-hydrogen) atoms. The van der Waals surface area contributed by atoms with E-state index in [4.69, 9.17) is 4.74 Å². The molecule has 0 N–H and O–H groups in total. The lowest BCUT2D eigenvalue weighted by Gasteiger charge is -2.23. The molecule has 0 aromatic carbocycles. The lowest BCUT2D eigenvalue weighted by atomic mass is 9.96. The van der Waals surface area contributed by atoms with Gasteiger partial charge in [-0.25, -0.2) is 28.7 Å². The molecule has 14 heteroatoms. The van der Waals surface area contributed by atoms with Crippen LogP contribution < -0.4 is 4.90 Å². The average Bonchev–Trinajstić information content (AvgIpc) is 3.73. The normalized spacial score (nSPS) is 16.1. The second kappa shape index (κ2) is 12.9. The molecule has 2 atom stereocenters. The second-order valence-corrected chi connectivity index (χ2v) is 17.6. The highest BCUT2D eigenvalue weighted by Gasteiger charge is 2.33. The van der Waals surface area contributed by atoms with Crippen LogP contribution in [0.1, 0.15) is 30.3 Å². The standard InChI is InChI=1S/C29H34F2N10OSi/c1-43(2,3)11-10-42-19-40-9-6-23-27(35-18-36-28(23)40)21-14-37-41(17-21)25(4-7-32)20-5-8-39(16-20)29-24(13-33)38-22(15-34-29)12-26(30)31/h6,9,14-15,17-18,20,25-26H,4-5,8,10-12,16,19H2,1-3H3/t20?,25-/m0/s1. The van der Waals surface area contributed by atoms with Crippen molar-refractivity contribution in [2.45, 2.75) is 64.1 Å². The van der Waals surface area contributed by atoms with Crippen LogP contribution in [0.2, 0.25) is 25.7 Å². The van der Waals surface area contributed by atoms with Gasteiger partial charge in [0.05, 0.1) is 48.7 Å². The molecule has 5 heterocycles. The maximum absolute atomic E-state index is 12.8. The molecule has 1 fully saturated rings. The lowest BCUT2D eigenvalue weighted by Crippen LogP contribution is -2.26. The maximum Gasteiger partial charge on any atom is 0.244 e. The first kappa shape index (κ1) is 30.2. The predicted molar refractivity (Wildman–Crippen MR) is 159 cm³/mol. The van der Waals surface area contributed by atoms with Gasteiger partial charge < -0.3 is 14.2 Å². The first-order valence-corrected chi connectivity index (χ1v) is 18.0. The number of rotatable bonds is 12. The fourth-order valence-electron chi connectivity index (χ4n) is 5.37. The molecule has 0 saturated carbocycles. The fraction of sp³-hybridized carbons (Fsp3) is 0.483. The molecule has 4 aromatic rings. The summed E-state index contributed by atoms with van der Waals surface area (Å²) in [5.41, 5.74) is 2.45. The van der Waals surface area contributed by atoms with E-state index < -0.39 is 20.9 Å². The maximum atomic E-state index is 12.8. The molecule has 0 spiro atoms. The zero-order valence-corrected chi connectivity index (χ0v) is 25.5. The molecular weight excluding hydrogens is 570 g/mol. The Kier molecular flexibility index (Phi) is 9.08. The molecular formula is C29H34F2N10OSi. The van der Waals surface area contributed by atoms with Crippen LogP contribution in [-0.2, 0) is 17.9 Å². The van der Waals surface area contributed by atoms with E-state index in [-0.39, 0.29) is 29.8 Å². The number of ether oxygens (including phenoxy) is 1. The fourth-order valence-corrected chi connectivity index (χ4v) is 6.12. The van der Waals surface area contributed by atoms with Crippen LogP contribution >= 0.6 is 0 Å². The Bertz CT molecular complexity index is 1650. The van der Waals surface area contributed by atoms with Crippen molar-refractivity contribution >= 4 is 24.9 Å². The van der Waals surface area contributed by atoms with Crippen molar-refractivity contribution in [2.24, 2.45) is 5.92 Å². The number of aromatic nitrogens is 7. The number of nitriles is 2. The van der Waals surface area contributed by atoms with E-state index in [0.717, 1.165) is 34.8 Å². The Labute approximate surface area is 249 Å². The summed E-state index contributed by atoms with van der Waals surface area (Å²) in [5.74, 6) is 0.415. The predicted octanol–water partition coefficient (Wildman–Crippen LogP) is 5.06. The highest BCUT2D eigenvalue weighted by molar-refractivity contribution is 6.76. The number of anilines is 1. The summed E-state index contributed by atoms with van der Waals surface area (Å²) in [5, 5.41) is 24.8. The van der Waals surface area contributed by atoms with Crippen LogP contribution in [-0.4, -0.2) is 68.5 Å². The zero-order chi connectivity index (χ0) is 30.6. The quantitative estimate of drug-likeness (QED) is 0.161. The highest BCUT2D eigenvalue weighted by Crippen LogP contribution is 2.34. The third-order valence-electron chi connectivity index (χ3n) is 7.64. The number of fused-ring (bicyclic) bond motifs is 1. The van der Waals surface area contributed by atoms with Gasteiger partial charge in [0.1, 0.15) is 24.8 Å². The Morgan fingerprint density at radius 3 is 2.74 bits per heavy atom. The Morgan fingerprint density at radius 1 is 1.16 bits per heavy atom. The monoisotopic (exact) mass is 604 g/mol. The summed E-state index contributed by atoms with van der Waals surface area (Å²) >= 11 is 0. The summed E-state index contributed by atoms with van der Waals surface area (Å²) in [4.78, 5) is 19.4. The molecule has 0 amide bonds. The van der Waals surface area contributed by atoms with Gasteiger partial charge in [0.2, 0.25) is 6.43 Å². The van der Waals surface area contributed by atoms with E-state index in [2.05, 4.69) is 50.7 Å². The van der Waals surface area contributed by atoms with Crippen LogP contribution in [0.4, 0.5) is 14.6 Å². The Balaban J connectivity index is 1.32.